The topological polar surface area (TPSA) is 77.6 Å². The molecule has 0 saturated carbocycles. The van der Waals surface area contributed by atoms with Gasteiger partial charge in [0, 0.05) is 24.0 Å². The van der Waals surface area contributed by atoms with Gasteiger partial charge in [0.1, 0.15) is 6.10 Å². The van der Waals surface area contributed by atoms with Crippen molar-refractivity contribution in [2.45, 2.75) is 25.7 Å². The molecule has 1 aromatic carbocycles. The van der Waals surface area contributed by atoms with E-state index >= 15 is 0 Å². The van der Waals surface area contributed by atoms with Gasteiger partial charge in [0.05, 0.1) is 13.7 Å². The monoisotopic (exact) mass is 288 g/mol. The van der Waals surface area contributed by atoms with Gasteiger partial charge < -0.3 is 20.3 Å². The summed E-state index contributed by atoms with van der Waals surface area (Å²) in [4.78, 5) is 4.10. The number of methoxy groups -OCH3 is 1. The minimum absolute atomic E-state index is 0.0457. The van der Waals surface area contributed by atoms with Gasteiger partial charge in [-0.1, -0.05) is 12.1 Å². The molecule has 0 fully saturated rings. The van der Waals surface area contributed by atoms with Crippen molar-refractivity contribution in [2.75, 3.05) is 7.11 Å². The molecule has 5 heteroatoms. The quantitative estimate of drug-likeness (QED) is 0.850. The zero-order valence-corrected chi connectivity index (χ0v) is 12.2. The van der Waals surface area contributed by atoms with E-state index in [1.54, 1.807) is 37.7 Å². The minimum atomic E-state index is -0.326. The van der Waals surface area contributed by atoms with Crippen LogP contribution in [0.4, 0.5) is 0 Å². The van der Waals surface area contributed by atoms with Gasteiger partial charge in [-0.25, -0.2) is 0 Å². The number of hydrogen-bond acceptors (Lipinski definition) is 5. The molecule has 0 aliphatic carbocycles. The van der Waals surface area contributed by atoms with Gasteiger partial charge >= 0.3 is 0 Å². The minimum Gasteiger partial charge on any atom is -0.493 e. The van der Waals surface area contributed by atoms with Crippen molar-refractivity contribution in [2.24, 2.45) is 5.73 Å². The third-order valence-electron chi connectivity index (χ3n) is 3.16. The summed E-state index contributed by atoms with van der Waals surface area (Å²) < 4.78 is 11.3. The van der Waals surface area contributed by atoms with E-state index in [1.807, 2.05) is 19.1 Å². The lowest BCUT2D eigenvalue weighted by Gasteiger charge is -2.24. The molecular weight excluding hydrogens is 268 g/mol. The molecule has 0 spiro atoms. The van der Waals surface area contributed by atoms with Crippen LogP contribution in [0.25, 0.3) is 0 Å². The zero-order valence-electron chi connectivity index (χ0n) is 12.2. The summed E-state index contributed by atoms with van der Waals surface area (Å²) in [6.07, 6.45) is 3.12. The van der Waals surface area contributed by atoms with Crippen molar-refractivity contribution >= 4 is 0 Å². The Morgan fingerprint density at radius 2 is 2.10 bits per heavy atom. The number of aliphatic hydroxyl groups is 1. The third kappa shape index (κ3) is 3.71. The fraction of sp³-hybridized carbons (Fsp3) is 0.312. The summed E-state index contributed by atoms with van der Waals surface area (Å²) in [6, 6.07) is 8.87. The van der Waals surface area contributed by atoms with E-state index in [-0.39, 0.29) is 18.8 Å². The Bertz CT molecular complexity index is 573. The van der Waals surface area contributed by atoms with Crippen LogP contribution in [-0.4, -0.2) is 23.2 Å². The molecule has 0 aliphatic rings. The molecule has 2 atom stereocenters. The highest BCUT2D eigenvalue weighted by Crippen LogP contribution is 2.32. The van der Waals surface area contributed by atoms with Gasteiger partial charge in [0.15, 0.2) is 11.5 Å². The Morgan fingerprint density at radius 3 is 2.67 bits per heavy atom. The van der Waals surface area contributed by atoms with E-state index in [0.717, 1.165) is 11.1 Å². The van der Waals surface area contributed by atoms with Gasteiger partial charge in [-0.2, -0.15) is 0 Å². The van der Waals surface area contributed by atoms with E-state index < -0.39 is 0 Å². The summed E-state index contributed by atoms with van der Waals surface area (Å²) in [5.74, 6) is 1.15. The fourth-order valence-electron chi connectivity index (χ4n) is 2.07. The molecule has 0 aliphatic heterocycles. The molecule has 0 bridgehead atoms. The van der Waals surface area contributed by atoms with E-state index in [2.05, 4.69) is 4.98 Å². The van der Waals surface area contributed by atoms with Crippen molar-refractivity contribution in [3.05, 3.63) is 53.9 Å². The summed E-state index contributed by atoms with van der Waals surface area (Å²) in [6.45, 7) is 1.84. The highest BCUT2D eigenvalue weighted by Gasteiger charge is 2.20. The molecule has 21 heavy (non-hydrogen) atoms. The number of nitrogens with two attached hydrogens (primary N) is 1. The van der Waals surface area contributed by atoms with E-state index in [0.29, 0.717) is 11.5 Å². The Hall–Kier alpha value is -2.11. The maximum absolute atomic E-state index is 9.17. The van der Waals surface area contributed by atoms with Gasteiger partial charge in [-0.3, -0.25) is 4.98 Å². The first kappa shape index (κ1) is 15.3. The van der Waals surface area contributed by atoms with Crippen LogP contribution in [0, 0.1) is 0 Å². The van der Waals surface area contributed by atoms with Crippen LogP contribution in [0.15, 0.2) is 42.7 Å². The number of benzene rings is 1. The van der Waals surface area contributed by atoms with Crippen LogP contribution in [0.2, 0.25) is 0 Å². The largest absolute Gasteiger partial charge is 0.493 e. The molecule has 2 unspecified atom stereocenters. The van der Waals surface area contributed by atoms with E-state index in [4.69, 9.17) is 15.2 Å². The number of ether oxygens (including phenoxy) is 2. The molecule has 3 N–H and O–H groups in total. The van der Waals surface area contributed by atoms with Crippen LogP contribution in [0.1, 0.15) is 24.2 Å². The second-order valence-electron chi connectivity index (χ2n) is 4.83. The molecule has 5 nitrogen and oxygen atoms in total. The Labute approximate surface area is 124 Å². The van der Waals surface area contributed by atoms with E-state index in [1.165, 1.54) is 0 Å². The van der Waals surface area contributed by atoms with Gasteiger partial charge in [0.25, 0.3) is 0 Å². The average Bonchev–Trinajstić information content (AvgIpc) is 2.53. The predicted molar refractivity (Wildman–Crippen MR) is 80.2 cm³/mol. The van der Waals surface area contributed by atoms with Crippen molar-refractivity contribution in [3.8, 4) is 11.5 Å². The number of nitrogens with zero attached hydrogens (tertiary/aromatic N) is 1. The normalized spacial score (nSPS) is 13.5. The predicted octanol–water partition coefficient (Wildman–Crippen LogP) is 2.05. The van der Waals surface area contributed by atoms with Crippen molar-refractivity contribution in [1.82, 2.24) is 4.98 Å². The van der Waals surface area contributed by atoms with Crippen LogP contribution in [0.3, 0.4) is 0 Å². The number of hydrogen-bond donors (Lipinski definition) is 2. The lowest BCUT2D eigenvalue weighted by molar-refractivity contribution is 0.172. The lowest BCUT2D eigenvalue weighted by atomic mass is 10.1. The molecule has 2 aromatic rings. The SMILES string of the molecule is COc1cc(CO)ccc1OC(c1cccnc1)C(C)N. The third-order valence-corrected chi connectivity index (χ3v) is 3.16. The molecule has 0 saturated heterocycles. The van der Waals surface area contributed by atoms with Crippen molar-refractivity contribution in [1.29, 1.82) is 0 Å². The van der Waals surface area contributed by atoms with Gasteiger partial charge in [-0.15, -0.1) is 0 Å². The molecule has 1 aromatic heterocycles. The standard InChI is InChI=1S/C16H20N2O3/c1-11(17)16(13-4-3-7-18-9-13)21-14-6-5-12(10-19)8-15(14)20-2/h3-9,11,16,19H,10,17H2,1-2H3. The van der Waals surface area contributed by atoms with Crippen LogP contribution < -0.4 is 15.2 Å². The van der Waals surface area contributed by atoms with E-state index in [9.17, 15) is 5.11 Å². The van der Waals surface area contributed by atoms with Crippen molar-refractivity contribution in [3.63, 3.8) is 0 Å². The number of pyridine rings is 1. The molecule has 112 valence electrons. The highest BCUT2D eigenvalue weighted by atomic mass is 16.5. The summed E-state index contributed by atoms with van der Waals surface area (Å²) in [5, 5.41) is 9.17. The molecule has 0 radical (unpaired) electrons. The highest BCUT2D eigenvalue weighted by molar-refractivity contribution is 5.43. The smallest absolute Gasteiger partial charge is 0.162 e. The summed E-state index contributed by atoms with van der Waals surface area (Å²) in [5.41, 5.74) is 7.70. The Balaban J connectivity index is 2.29. The average molecular weight is 288 g/mol. The number of aromatic nitrogens is 1. The summed E-state index contributed by atoms with van der Waals surface area (Å²) >= 11 is 0. The first-order chi connectivity index (χ1) is 10.2. The van der Waals surface area contributed by atoms with Crippen LogP contribution >= 0.6 is 0 Å². The molecule has 2 rings (SSSR count). The van der Waals surface area contributed by atoms with Gasteiger partial charge in [-0.05, 0) is 30.7 Å². The van der Waals surface area contributed by atoms with Gasteiger partial charge in [0.2, 0.25) is 0 Å². The molecular formula is C16H20N2O3. The first-order valence-electron chi connectivity index (χ1n) is 6.75. The zero-order chi connectivity index (χ0) is 15.2. The Kier molecular flexibility index (Phi) is 5.14. The van der Waals surface area contributed by atoms with Crippen molar-refractivity contribution < 1.29 is 14.6 Å². The van der Waals surface area contributed by atoms with Crippen LogP contribution in [-0.2, 0) is 6.61 Å². The first-order valence-corrected chi connectivity index (χ1v) is 6.75. The number of rotatable bonds is 6. The molecule has 1 heterocycles. The maximum Gasteiger partial charge on any atom is 0.162 e. The molecule has 0 amide bonds. The second kappa shape index (κ2) is 7.06. The summed E-state index contributed by atoms with van der Waals surface area (Å²) in [7, 11) is 1.56. The number of aliphatic hydroxyl groups excluding tert-OH is 1. The van der Waals surface area contributed by atoms with Crippen LogP contribution in [0.5, 0.6) is 11.5 Å². The Morgan fingerprint density at radius 1 is 1.29 bits per heavy atom. The second-order valence-corrected chi connectivity index (χ2v) is 4.83. The maximum atomic E-state index is 9.17. The lowest BCUT2D eigenvalue weighted by Crippen LogP contribution is -2.29. The fourth-order valence-corrected chi connectivity index (χ4v) is 2.07.